The zero-order chi connectivity index (χ0) is 12.6. The van der Waals surface area contributed by atoms with Gasteiger partial charge in [0.1, 0.15) is 6.61 Å². The molecule has 1 N–H and O–H groups in total. The van der Waals surface area contributed by atoms with Crippen LogP contribution in [0, 0.1) is 0 Å². The van der Waals surface area contributed by atoms with Crippen LogP contribution in [0.3, 0.4) is 0 Å². The highest BCUT2D eigenvalue weighted by Gasteiger charge is 2.46. The molecule has 0 aromatic heterocycles. The summed E-state index contributed by atoms with van der Waals surface area (Å²) in [6, 6.07) is -0.544. The van der Waals surface area contributed by atoms with E-state index in [-0.39, 0.29) is 12.8 Å². The molecule has 6 heteroatoms. The lowest BCUT2D eigenvalue weighted by atomic mass is 10.2. The minimum atomic E-state index is -0.994. The predicted octanol–water partition coefficient (Wildman–Crippen LogP) is 0.722. The number of rotatable bonds is 3. The fourth-order valence-corrected chi connectivity index (χ4v) is 2.62. The first-order valence-electron chi connectivity index (χ1n) is 5.96. The maximum Gasteiger partial charge on any atom is 0.412 e. The molecule has 0 spiro atoms. The maximum absolute atomic E-state index is 11.7. The van der Waals surface area contributed by atoms with Gasteiger partial charge in [0.2, 0.25) is 0 Å². The van der Waals surface area contributed by atoms with Gasteiger partial charge in [-0.05, 0) is 26.7 Å². The van der Waals surface area contributed by atoms with Crippen molar-refractivity contribution in [2.75, 3.05) is 13.2 Å². The van der Waals surface area contributed by atoms with E-state index in [0.29, 0.717) is 6.04 Å². The van der Waals surface area contributed by atoms with Crippen LogP contribution < -0.4 is 0 Å². The van der Waals surface area contributed by atoms with E-state index in [9.17, 15) is 9.59 Å². The van der Waals surface area contributed by atoms with E-state index in [1.807, 2.05) is 0 Å². The zero-order valence-corrected chi connectivity index (χ0v) is 10.1. The number of cyclic esters (lactones) is 1. The summed E-state index contributed by atoms with van der Waals surface area (Å²) in [5.74, 6) is -0.994. The van der Waals surface area contributed by atoms with E-state index < -0.39 is 18.1 Å². The van der Waals surface area contributed by atoms with Crippen molar-refractivity contribution >= 4 is 12.1 Å². The van der Waals surface area contributed by atoms with Crippen molar-refractivity contribution < 1.29 is 19.4 Å². The second kappa shape index (κ2) is 4.52. The minimum absolute atomic E-state index is 0.0450. The van der Waals surface area contributed by atoms with Gasteiger partial charge in [-0.1, -0.05) is 0 Å². The number of carboxylic acids is 1. The monoisotopic (exact) mass is 242 g/mol. The Kier molecular flexibility index (Phi) is 3.24. The lowest BCUT2D eigenvalue weighted by Gasteiger charge is -2.35. The Balaban J connectivity index is 2.19. The Morgan fingerprint density at radius 2 is 2.24 bits per heavy atom. The van der Waals surface area contributed by atoms with Crippen LogP contribution in [-0.2, 0) is 9.53 Å². The van der Waals surface area contributed by atoms with Crippen molar-refractivity contribution in [3.8, 4) is 0 Å². The number of likely N-dealkylation sites (tertiary alicyclic amines) is 1. The third-order valence-electron chi connectivity index (χ3n) is 3.44. The molecule has 2 atom stereocenters. The summed E-state index contributed by atoms with van der Waals surface area (Å²) in [4.78, 5) is 26.3. The van der Waals surface area contributed by atoms with Crippen LogP contribution in [0.15, 0.2) is 0 Å². The van der Waals surface area contributed by atoms with Crippen molar-refractivity contribution in [3.63, 3.8) is 0 Å². The summed E-state index contributed by atoms with van der Waals surface area (Å²) in [6.45, 7) is 4.96. The van der Waals surface area contributed by atoms with Crippen molar-refractivity contribution in [1.82, 2.24) is 9.80 Å². The van der Waals surface area contributed by atoms with E-state index in [0.717, 1.165) is 19.4 Å². The molecule has 0 radical (unpaired) electrons. The average molecular weight is 242 g/mol. The van der Waals surface area contributed by atoms with Crippen LogP contribution in [0.4, 0.5) is 4.79 Å². The summed E-state index contributed by atoms with van der Waals surface area (Å²) < 4.78 is 4.86. The van der Waals surface area contributed by atoms with Crippen LogP contribution in [0.25, 0.3) is 0 Å². The summed E-state index contributed by atoms with van der Waals surface area (Å²) in [7, 11) is 0. The van der Waals surface area contributed by atoms with Crippen molar-refractivity contribution in [1.29, 1.82) is 0 Å². The largest absolute Gasteiger partial charge is 0.480 e. The number of carboxylic acid groups (broad SMARTS) is 1. The van der Waals surface area contributed by atoms with Crippen LogP contribution >= 0.6 is 0 Å². The van der Waals surface area contributed by atoms with E-state index in [1.165, 1.54) is 4.90 Å². The molecule has 6 nitrogen and oxygen atoms in total. The quantitative estimate of drug-likeness (QED) is 0.789. The molecule has 96 valence electrons. The molecule has 2 aliphatic rings. The van der Waals surface area contributed by atoms with Gasteiger partial charge in [0.15, 0.2) is 6.04 Å². The molecule has 17 heavy (non-hydrogen) atoms. The number of carbonyl (C=O) groups is 2. The van der Waals surface area contributed by atoms with Crippen molar-refractivity contribution in [2.24, 2.45) is 0 Å². The Morgan fingerprint density at radius 3 is 2.82 bits per heavy atom. The second-order valence-electron chi connectivity index (χ2n) is 4.79. The van der Waals surface area contributed by atoms with E-state index in [4.69, 9.17) is 9.84 Å². The summed E-state index contributed by atoms with van der Waals surface area (Å²) in [5, 5.41) is 9.09. The average Bonchev–Trinajstić information content (AvgIpc) is 2.82. The normalized spacial score (nSPS) is 30.1. The van der Waals surface area contributed by atoms with Gasteiger partial charge in [-0.3, -0.25) is 9.80 Å². The van der Waals surface area contributed by atoms with Crippen molar-refractivity contribution in [3.05, 3.63) is 0 Å². The van der Waals surface area contributed by atoms with Gasteiger partial charge in [-0.15, -0.1) is 0 Å². The third-order valence-corrected chi connectivity index (χ3v) is 3.44. The maximum atomic E-state index is 11.7. The van der Waals surface area contributed by atoms with Gasteiger partial charge in [0.05, 0.1) is 6.17 Å². The molecule has 2 saturated heterocycles. The summed E-state index contributed by atoms with van der Waals surface area (Å²) in [6.07, 6.45) is 1.16. The summed E-state index contributed by atoms with van der Waals surface area (Å²) >= 11 is 0. The molecule has 2 rings (SSSR count). The topological polar surface area (TPSA) is 70.1 Å². The molecule has 0 saturated carbocycles. The highest BCUT2D eigenvalue weighted by atomic mass is 16.6. The number of hydrogen-bond donors (Lipinski definition) is 1. The molecule has 2 fully saturated rings. The van der Waals surface area contributed by atoms with Crippen LogP contribution in [0.2, 0.25) is 0 Å². The molecular weight excluding hydrogens is 224 g/mol. The Morgan fingerprint density at radius 1 is 1.53 bits per heavy atom. The lowest BCUT2D eigenvalue weighted by Crippen LogP contribution is -2.53. The Labute approximate surface area is 100 Å². The van der Waals surface area contributed by atoms with Gasteiger partial charge < -0.3 is 9.84 Å². The number of nitrogens with zero attached hydrogens (tertiary/aromatic N) is 2. The first-order valence-corrected chi connectivity index (χ1v) is 5.96. The molecule has 2 unspecified atom stereocenters. The predicted molar refractivity (Wildman–Crippen MR) is 59.5 cm³/mol. The lowest BCUT2D eigenvalue weighted by molar-refractivity contribution is -0.143. The smallest absolute Gasteiger partial charge is 0.412 e. The molecular formula is C11H18N2O4. The third kappa shape index (κ3) is 2.09. The SMILES string of the molecule is CC(C)N1CCCC1N1C(=O)OCC1C(=O)O. The van der Waals surface area contributed by atoms with E-state index in [1.54, 1.807) is 0 Å². The van der Waals surface area contributed by atoms with E-state index >= 15 is 0 Å². The first-order chi connectivity index (χ1) is 8.02. The molecule has 2 aliphatic heterocycles. The number of aliphatic carboxylic acids is 1. The second-order valence-corrected chi connectivity index (χ2v) is 4.79. The number of carbonyl (C=O) groups excluding carboxylic acids is 1. The van der Waals surface area contributed by atoms with Gasteiger partial charge in [-0.25, -0.2) is 9.59 Å². The molecule has 1 amide bonds. The van der Waals surface area contributed by atoms with Gasteiger partial charge in [-0.2, -0.15) is 0 Å². The molecule has 0 aromatic carbocycles. The van der Waals surface area contributed by atoms with Crippen LogP contribution in [0.1, 0.15) is 26.7 Å². The fraction of sp³-hybridized carbons (Fsp3) is 0.818. The highest BCUT2D eigenvalue weighted by Crippen LogP contribution is 2.28. The molecule has 0 bridgehead atoms. The van der Waals surface area contributed by atoms with Crippen LogP contribution in [0.5, 0.6) is 0 Å². The van der Waals surface area contributed by atoms with Gasteiger partial charge >= 0.3 is 12.1 Å². The molecule has 0 aliphatic carbocycles. The van der Waals surface area contributed by atoms with Crippen LogP contribution in [-0.4, -0.2) is 58.4 Å². The minimum Gasteiger partial charge on any atom is -0.480 e. The first kappa shape index (κ1) is 12.2. The zero-order valence-electron chi connectivity index (χ0n) is 10.1. The number of hydrogen-bond acceptors (Lipinski definition) is 4. The Hall–Kier alpha value is -1.30. The van der Waals surface area contributed by atoms with Gasteiger partial charge in [0.25, 0.3) is 0 Å². The molecule has 2 heterocycles. The summed E-state index contributed by atoms with van der Waals surface area (Å²) in [5.41, 5.74) is 0. The standard InChI is InChI=1S/C11H18N2O4/c1-7(2)12-5-3-4-9(12)13-8(10(14)15)6-17-11(13)16/h7-9H,3-6H2,1-2H3,(H,14,15). The number of ether oxygens (including phenoxy) is 1. The molecule has 0 aromatic rings. The van der Waals surface area contributed by atoms with Crippen molar-refractivity contribution in [2.45, 2.75) is 44.9 Å². The van der Waals surface area contributed by atoms with E-state index in [2.05, 4.69) is 18.7 Å². The fourth-order valence-electron chi connectivity index (χ4n) is 2.62. The number of amides is 1. The van der Waals surface area contributed by atoms with Gasteiger partial charge in [0, 0.05) is 12.6 Å². The Bertz CT molecular complexity index is 331. The highest BCUT2D eigenvalue weighted by molar-refractivity contribution is 5.83.